The average Bonchev–Trinajstić information content (AvgIpc) is 2.94. The van der Waals surface area contributed by atoms with Crippen LogP contribution in [0, 0.1) is 12.8 Å². The minimum absolute atomic E-state index is 0.0588. The molecular formula is C16H23F3N4O. The van der Waals surface area contributed by atoms with E-state index in [1.165, 1.54) is 4.90 Å². The molecule has 0 bridgehead atoms. The van der Waals surface area contributed by atoms with E-state index < -0.39 is 12.7 Å². The Labute approximate surface area is 139 Å². The van der Waals surface area contributed by atoms with Gasteiger partial charge in [-0.25, -0.2) is 9.78 Å². The lowest BCUT2D eigenvalue weighted by Crippen LogP contribution is -2.39. The van der Waals surface area contributed by atoms with Gasteiger partial charge in [0.2, 0.25) is 0 Å². The number of nitrogens with one attached hydrogen (secondary N) is 1. The summed E-state index contributed by atoms with van der Waals surface area (Å²) < 4.78 is 37.6. The highest BCUT2D eigenvalue weighted by Crippen LogP contribution is 2.21. The summed E-state index contributed by atoms with van der Waals surface area (Å²) in [6.45, 7) is 4.35. The molecule has 2 heterocycles. The van der Waals surface area contributed by atoms with Gasteiger partial charge in [0.05, 0.1) is 6.54 Å². The molecule has 1 fully saturated rings. The van der Waals surface area contributed by atoms with Gasteiger partial charge in [-0.15, -0.1) is 0 Å². The third kappa shape index (κ3) is 5.67. The van der Waals surface area contributed by atoms with E-state index in [2.05, 4.69) is 10.3 Å². The summed E-state index contributed by atoms with van der Waals surface area (Å²) in [7, 11) is 0. The fourth-order valence-corrected chi connectivity index (χ4v) is 2.89. The van der Waals surface area contributed by atoms with Gasteiger partial charge in [-0.05, 0) is 37.9 Å². The van der Waals surface area contributed by atoms with Crippen LogP contribution in [0.15, 0.2) is 18.2 Å². The molecule has 2 amide bonds. The quantitative estimate of drug-likeness (QED) is 0.893. The molecule has 1 aliphatic rings. The molecule has 1 N–H and O–H groups in total. The lowest BCUT2D eigenvalue weighted by Gasteiger charge is -2.25. The number of aromatic nitrogens is 1. The number of anilines is 1. The maximum absolute atomic E-state index is 12.5. The van der Waals surface area contributed by atoms with Crippen molar-refractivity contribution in [1.82, 2.24) is 14.8 Å². The highest BCUT2D eigenvalue weighted by molar-refractivity contribution is 5.88. The molecule has 1 aromatic heterocycles. The Balaban J connectivity index is 1.84. The molecule has 0 unspecified atom stereocenters. The number of hydrogen-bond donors (Lipinski definition) is 1. The molecule has 1 aliphatic heterocycles. The van der Waals surface area contributed by atoms with Crippen LogP contribution < -0.4 is 5.32 Å². The third-order valence-electron chi connectivity index (χ3n) is 4.06. The van der Waals surface area contributed by atoms with Crippen molar-refractivity contribution in [2.75, 3.05) is 38.0 Å². The molecule has 2 rings (SSSR count). The molecule has 1 aromatic rings. The largest absolute Gasteiger partial charge is 0.401 e. The number of aryl methyl sites for hydroxylation is 1. The summed E-state index contributed by atoms with van der Waals surface area (Å²) in [6.07, 6.45) is -3.48. The van der Waals surface area contributed by atoms with Crippen LogP contribution in [-0.4, -0.2) is 59.7 Å². The van der Waals surface area contributed by atoms with E-state index in [1.54, 1.807) is 24.0 Å². The van der Waals surface area contributed by atoms with Crippen molar-refractivity contribution in [1.29, 1.82) is 0 Å². The van der Waals surface area contributed by atoms with Crippen molar-refractivity contribution in [3.05, 3.63) is 23.9 Å². The number of urea groups is 1. The van der Waals surface area contributed by atoms with Crippen molar-refractivity contribution < 1.29 is 18.0 Å². The summed E-state index contributed by atoms with van der Waals surface area (Å²) in [5.41, 5.74) is 0.804. The SMILES string of the molecule is CCN(C[C@@H]1CCN(C(=O)Nc2cccc(C)n2)C1)CC(F)(F)F. The Morgan fingerprint density at radius 1 is 1.46 bits per heavy atom. The first kappa shape index (κ1) is 18.5. The first-order chi connectivity index (χ1) is 11.3. The van der Waals surface area contributed by atoms with E-state index in [0.717, 1.165) is 5.69 Å². The maximum atomic E-state index is 12.5. The molecule has 0 aliphatic carbocycles. The fraction of sp³-hybridized carbons (Fsp3) is 0.625. The van der Waals surface area contributed by atoms with Crippen molar-refractivity contribution in [2.24, 2.45) is 5.92 Å². The average molecular weight is 344 g/mol. The number of pyridine rings is 1. The molecule has 1 atom stereocenters. The number of halogens is 3. The van der Waals surface area contributed by atoms with Crippen LogP contribution in [0.5, 0.6) is 0 Å². The highest BCUT2D eigenvalue weighted by atomic mass is 19.4. The van der Waals surface area contributed by atoms with Gasteiger partial charge >= 0.3 is 12.2 Å². The molecule has 0 saturated carbocycles. The highest BCUT2D eigenvalue weighted by Gasteiger charge is 2.33. The Hall–Kier alpha value is -1.83. The van der Waals surface area contributed by atoms with Crippen molar-refractivity contribution in [3.63, 3.8) is 0 Å². The number of alkyl halides is 3. The van der Waals surface area contributed by atoms with Gasteiger partial charge in [0.1, 0.15) is 5.82 Å². The van der Waals surface area contributed by atoms with Crippen LogP contribution in [0.1, 0.15) is 19.0 Å². The van der Waals surface area contributed by atoms with Crippen LogP contribution in [0.3, 0.4) is 0 Å². The second-order valence-electron chi connectivity index (χ2n) is 6.14. The minimum atomic E-state index is -4.19. The second kappa shape index (κ2) is 7.83. The zero-order valence-electron chi connectivity index (χ0n) is 13.9. The number of rotatable bonds is 5. The van der Waals surface area contributed by atoms with E-state index >= 15 is 0 Å². The number of carbonyl (C=O) groups excluding carboxylic acids is 1. The number of hydrogen-bond acceptors (Lipinski definition) is 3. The standard InChI is InChI=1S/C16H23F3N4O/c1-3-22(11-16(17,18)19)9-13-7-8-23(10-13)15(24)21-14-6-4-5-12(2)20-14/h4-6,13H,3,7-11H2,1-2H3,(H,20,21,24)/t13-/m0/s1. The van der Waals surface area contributed by atoms with Gasteiger partial charge in [0, 0.05) is 25.3 Å². The normalized spacial score (nSPS) is 18.2. The first-order valence-corrected chi connectivity index (χ1v) is 8.05. The summed E-state index contributed by atoms with van der Waals surface area (Å²) >= 11 is 0. The van der Waals surface area contributed by atoms with Gasteiger partial charge in [0.25, 0.3) is 0 Å². The number of amides is 2. The predicted molar refractivity (Wildman–Crippen MR) is 85.8 cm³/mol. The topological polar surface area (TPSA) is 48.5 Å². The van der Waals surface area contributed by atoms with Gasteiger partial charge in [-0.3, -0.25) is 10.2 Å². The smallest absolute Gasteiger partial charge is 0.324 e. The number of nitrogens with zero attached hydrogens (tertiary/aromatic N) is 3. The molecule has 0 radical (unpaired) electrons. The lowest BCUT2D eigenvalue weighted by atomic mass is 10.1. The van der Waals surface area contributed by atoms with Crippen LogP contribution >= 0.6 is 0 Å². The van der Waals surface area contributed by atoms with Gasteiger partial charge in [-0.1, -0.05) is 13.0 Å². The molecule has 24 heavy (non-hydrogen) atoms. The maximum Gasteiger partial charge on any atom is 0.401 e. The Morgan fingerprint density at radius 3 is 2.83 bits per heavy atom. The molecule has 8 heteroatoms. The van der Waals surface area contributed by atoms with Gasteiger partial charge < -0.3 is 4.90 Å². The van der Waals surface area contributed by atoms with Crippen LogP contribution in [0.25, 0.3) is 0 Å². The zero-order valence-corrected chi connectivity index (χ0v) is 13.9. The number of carbonyl (C=O) groups is 1. The van der Waals surface area contributed by atoms with Crippen LogP contribution in [-0.2, 0) is 0 Å². The zero-order chi connectivity index (χ0) is 17.7. The summed E-state index contributed by atoms with van der Waals surface area (Å²) in [4.78, 5) is 19.5. The molecular weight excluding hydrogens is 321 g/mol. The van der Waals surface area contributed by atoms with Crippen molar-refractivity contribution >= 4 is 11.8 Å². The Kier molecular flexibility index (Phi) is 6.04. The molecule has 0 spiro atoms. The molecule has 134 valence electrons. The van der Waals surface area contributed by atoms with Crippen LogP contribution in [0.2, 0.25) is 0 Å². The third-order valence-corrected chi connectivity index (χ3v) is 4.06. The predicted octanol–water partition coefficient (Wildman–Crippen LogP) is 3.13. The lowest BCUT2D eigenvalue weighted by molar-refractivity contribution is -0.146. The van der Waals surface area contributed by atoms with E-state index in [1.807, 2.05) is 13.0 Å². The molecule has 0 aromatic carbocycles. The number of likely N-dealkylation sites (tertiary alicyclic amines) is 1. The Bertz CT molecular complexity index is 564. The molecule has 5 nitrogen and oxygen atoms in total. The van der Waals surface area contributed by atoms with E-state index in [0.29, 0.717) is 38.4 Å². The van der Waals surface area contributed by atoms with Crippen molar-refractivity contribution in [2.45, 2.75) is 26.4 Å². The summed E-state index contributed by atoms with van der Waals surface area (Å²) in [5.74, 6) is 0.541. The van der Waals surface area contributed by atoms with Crippen LogP contribution in [0.4, 0.5) is 23.8 Å². The Morgan fingerprint density at radius 2 is 2.21 bits per heavy atom. The van der Waals surface area contributed by atoms with Gasteiger partial charge in [0.15, 0.2) is 0 Å². The fourth-order valence-electron chi connectivity index (χ4n) is 2.89. The monoisotopic (exact) mass is 344 g/mol. The van der Waals surface area contributed by atoms with E-state index in [9.17, 15) is 18.0 Å². The van der Waals surface area contributed by atoms with Crippen molar-refractivity contribution in [3.8, 4) is 0 Å². The molecule has 1 saturated heterocycles. The second-order valence-corrected chi connectivity index (χ2v) is 6.14. The van der Waals surface area contributed by atoms with E-state index in [-0.39, 0.29) is 11.9 Å². The first-order valence-electron chi connectivity index (χ1n) is 8.05. The minimum Gasteiger partial charge on any atom is -0.324 e. The van der Waals surface area contributed by atoms with Gasteiger partial charge in [-0.2, -0.15) is 13.2 Å². The summed E-state index contributed by atoms with van der Waals surface area (Å²) in [6, 6.07) is 5.10. The summed E-state index contributed by atoms with van der Waals surface area (Å²) in [5, 5.41) is 2.73. The van der Waals surface area contributed by atoms with E-state index in [4.69, 9.17) is 0 Å².